The normalized spacial score (nSPS) is 10.1. The Morgan fingerprint density at radius 1 is 0.613 bits per heavy atom. The largest absolute Gasteiger partial charge is 0.238 e. The fourth-order valence-corrected chi connectivity index (χ4v) is 3.32. The highest BCUT2D eigenvalue weighted by molar-refractivity contribution is 5.64. The molecule has 0 amide bonds. The maximum Gasteiger partial charge on any atom is 0.194 e. The maximum absolute atomic E-state index is 7.62. The molecule has 0 aromatic heterocycles. The van der Waals surface area contributed by atoms with E-state index in [1.54, 1.807) is 0 Å². The summed E-state index contributed by atoms with van der Waals surface area (Å²) in [6, 6.07) is 20.4. The fourth-order valence-electron chi connectivity index (χ4n) is 3.32. The first kappa shape index (κ1) is 22.0. The van der Waals surface area contributed by atoms with Crippen molar-refractivity contribution in [3.63, 3.8) is 0 Å². The van der Waals surface area contributed by atoms with Gasteiger partial charge in [-0.15, -0.1) is 0 Å². The Kier molecular flexibility index (Phi) is 6.98. The third kappa shape index (κ3) is 5.66. The average Bonchev–Trinajstić information content (AvgIpc) is 2.77. The van der Waals surface area contributed by atoms with E-state index >= 15 is 0 Å². The first-order valence-corrected chi connectivity index (χ1v) is 10.6. The van der Waals surface area contributed by atoms with Gasteiger partial charge in [0.15, 0.2) is 5.69 Å². The summed E-state index contributed by atoms with van der Waals surface area (Å²) in [5, 5.41) is 0. The van der Waals surface area contributed by atoms with Crippen LogP contribution in [-0.2, 0) is 0 Å². The van der Waals surface area contributed by atoms with E-state index < -0.39 is 0 Å². The Labute approximate surface area is 187 Å². The van der Waals surface area contributed by atoms with Gasteiger partial charge in [0, 0.05) is 22.3 Å². The lowest BCUT2D eigenvalue weighted by Gasteiger charge is -2.15. The van der Waals surface area contributed by atoms with Gasteiger partial charge in [-0.3, -0.25) is 0 Å². The predicted octanol–water partition coefficient (Wildman–Crippen LogP) is 7.59. The SMILES string of the molecule is [C-]#[N+]c1c(C(C)C)cc(C#Cc2ccc(C#Cc3ccc(C)cc3)cc2)cc1C(C)C. The summed E-state index contributed by atoms with van der Waals surface area (Å²) in [4.78, 5) is 3.81. The number of nitrogens with zero attached hydrogens (tertiary/aromatic N) is 1. The highest BCUT2D eigenvalue weighted by Gasteiger charge is 2.15. The third-order valence-corrected chi connectivity index (χ3v) is 5.16. The molecule has 1 nitrogen and oxygen atoms in total. The van der Waals surface area contributed by atoms with E-state index in [0.29, 0.717) is 0 Å². The number of hydrogen-bond donors (Lipinski definition) is 0. The van der Waals surface area contributed by atoms with Crippen molar-refractivity contribution in [2.24, 2.45) is 0 Å². The maximum atomic E-state index is 7.62. The Morgan fingerprint density at radius 2 is 0.968 bits per heavy atom. The van der Waals surface area contributed by atoms with Crippen LogP contribution < -0.4 is 0 Å². The molecule has 3 rings (SSSR count). The van der Waals surface area contributed by atoms with Crippen LogP contribution in [0, 0.1) is 37.2 Å². The van der Waals surface area contributed by atoms with Crippen molar-refractivity contribution in [2.75, 3.05) is 0 Å². The summed E-state index contributed by atoms with van der Waals surface area (Å²) in [5.41, 5.74) is 8.07. The molecule has 0 N–H and O–H groups in total. The van der Waals surface area contributed by atoms with E-state index in [9.17, 15) is 0 Å². The molecule has 0 unspecified atom stereocenters. The number of benzene rings is 3. The molecule has 3 aromatic rings. The van der Waals surface area contributed by atoms with Gasteiger partial charge in [0.2, 0.25) is 0 Å². The molecule has 0 aliphatic carbocycles. The lowest BCUT2D eigenvalue weighted by molar-refractivity contribution is 0.841. The van der Waals surface area contributed by atoms with Crippen molar-refractivity contribution >= 4 is 5.69 Å². The molecule has 152 valence electrons. The van der Waals surface area contributed by atoms with Crippen LogP contribution >= 0.6 is 0 Å². The van der Waals surface area contributed by atoms with Gasteiger partial charge in [-0.2, -0.15) is 0 Å². The highest BCUT2D eigenvalue weighted by Crippen LogP contribution is 2.36. The van der Waals surface area contributed by atoms with Crippen LogP contribution in [0.3, 0.4) is 0 Å². The average molecular weight is 402 g/mol. The van der Waals surface area contributed by atoms with Crippen molar-refractivity contribution < 1.29 is 0 Å². The van der Waals surface area contributed by atoms with E-state index in [1.807, 2.05) is 36.4 Å². The minimum Gasteiger partial charge on any atom is -0.238 e. The molecule has 0 heterocycles. The van der Waals surface area contributed by atoms with Crippen LogP contribution in [0.15, 0.2) is 60.7 Å². The zero-order chi connectivity index (χ0) is 22.4. The molecule has 31 heavy (non-hydrogen) atoms. The van der Waals surface area contributed by atoms with Gasteiger partial charge in [0.25, 0.3) is 0 Å². The quantitative estimate of drug-likeness (QED) is 0.308. The standard InChI is InChI=1S/C30H27N/c1-21(2)28-19-27(20-29(22(3)4)30(28)31-6)18-17-26-15-13-25(14-16-26)12-11-24-9-7-23(5)8-10-24/h7-10,13-16,19-22H,1-5H3. The van der Waals surface area contributed by atoms with Crippen LogP contribution in [0.25, 0.3) is 4.85 Å². The van der Waals surface area contributed by atoms with Crippen molar-refractivity contribution in [3.8, 4) is 23.7 Å². The Balaban J connectivity index is 1.86. The molecular formula is C30H27N. The molecule has 0 radical (unpaired) electrons. The first-order valence-electron chi connectivity index (χ1n) is 10.6. The van der Waals surface area contributed by atoms with E-state index in [1.165, 1.54) is 5.56 Å². The molecule has 0 saturated carbocycles. The van der Waals surface area contributed by atoms with Gasteiger partial charge in [0.05, 0.1) is 6.57 Å². The van der Waals surface area contributed by atoms with Crippen molar-refractivity contribution in [2.45, 2.75) is 46.5 Å². The van der Waals surface area contributed by atoms with E-state index in [0.717, 1.165) is 39.1 Å². The second-order valence-electron chi connectivity index (χ2n) is 8.37. The fraction of sp³-hybridized carbons (Fsp3) is 0.233. The second-order valence-corrected chi connectivity index (χ2v) is 8.37. The molecule has 0 aliphatic heterocycles. The smallest absolute Gasteiger partial charge is 0.194 e. The Hall–Kier alpha value is -3.73. The minimum atomic E-state index is 0.287. The van der Waals surface area contributed by atoms with Gasteiger partial charge in [-0.05, 0) is 66.3 Å². The monoisotopic (exact) mass is 401 g/mol. The van der Waals surface area contributed by atoms with Gasteiger partial charge in [-0.1, -0.05) is 81.2 Å². The molecule has 0 atom stereocenters. The Bertz CT molecular complexity index is 1200. The number of hydrogen-bond acceptors (Lipinski definition) is 0. The van der Waals surface area contributed by atoms with Gasteiger partial charge >= 0.3 is 0 Å². The summed E-state index contributed by atoms with van der Waals surface area (Å²) in [6.45, 7) is 18.2. The zero-order valence-corrected chi connectivity index (χ0v) is 18.9. The number of aryl methyl sites for hydroxylation is 1. The summed E-state index contributed by atoms with van der Waals surface area (Å²) in [6.07, 6.45) is 0. The molecule has 3 aromatic carbocycles. The summed E-state index contributed by atoms with van der Waals surface area (Å²) in [7, 11) is 0. The minimum absolute atomic E-state index is 0.287. The summed E-state index contributed by atoms with van der Waals surface area (Å²) >= 11 is 0. The molecular weight excluding hydrogens is 374 g/mol. The third-order valence-electron chi connectivity index (χ3n) is 5.16. The van der Waals surface area contributed by atoms with Crippen molar-refractivity contribution in [1.82, 2.24) is 0 Å². The van der Waals surface area contributed by atoms with Crippen LogP contribution in [0.4, 0.5) is 5.69 Å². The summed E-state index contributed by atoms with van der Waals surface area (Å²) < 4.78 is 0. The molecule has 1 heteroatoms. The Morgan fingerprint density at radius 3 is 1.32 bits per heavy atom. The molecule has 0 fully saturated rings. The van der Waals surface area contributed by atoms with Crippen molar-refractivity contribution in [3.05, 3.63) is 111 Å². The highest BCUT2D eigenvalue weighted by atomic mass is 14.7. The lowest BCUT2D eigenvalue weighted by atomic mass is 9.90. The van der Waals surface area contributed by atoms with Crippen LogP contribution in [0.5, 0.6) is 0 Å². The van der Waals surface area contributed by atoms with Crippen LogP contribution in [0.1, 0.15) is 78.5 Å². The van der Waals surface area contributed by atoms with Gasteiger partial charge in [0.1, 0.15) is 0 Å². The predicted molar refractivity (Wildman–Crippen MR) is 130 cm³/mol. The lowest BCUT2D eigenvalue weighted by Crippen LogP contribution is -1.96. The van der Waals surface area contributed by atoms with Crippen molar-refractivity contribution in [1.29, 1.82) is 0 Å². The molecule has 0 aliphatic rings. The van der Waals surface area contributed by atoms with E-state index in [4.69, 9.17) is 6.57 Å². The summed E-state index contributed by atoms with van der Waals surface area (Å²) in [5.74, 6) is 13.5. The second kappa shape index (κ2) is 9.85. The number of rotatable bonds is 2. The van der Waals surface area contributed by atoms with Crippen LogP contribution in [0.2, 0.25) is 0 Å². The topological polar surface area (TPSA) is 4.36 Å². The van der Waals surface area contributed by atoms with E-state index in [-0.39, 0.29) is 11.8 Å². The van der Waals surface area contributed by atoms with E-state index in [2.05, 4.69) is 87.4 Å². The molecule has 0 spiro atoms. The van der Waals surface area contributed by atoms with Gasteiger partial charge < -0.3 is 0 Å². The van der Waals surface area contributed by atoms with Gasteiger partial charge in [-0.25, -0.2) is 4.85 Å². The zero-order valence-electron chi connectivity index (χ0n) is 18.9. The first-order chi connectivity index (χ1) is 14.9. The molecule has 0 saturated heterocycles. The van der Waals surface area contributed by atoms with Crippen LogP contribution in [-0.4, -0.2) is 0 Å². The molecule has 0 bridgehead atoms.